The lowest BCUT2D eigenvalue weighted by molar-refractivity contribution is 0.0600. The molecular weight excluding hydrogens is 268 g/mol. The number of carbonyl (C=O) groups excluding carboxylic acids is 2. The molecule has 0 fully saturated rings. The van der Waals surface area contributed by atoms with Crippen LogP contribution in [-0.4, -0.2) is 19.1 Å². The maximum atomic E-state index is 11.9. The second-order valence-corrected chi connectivity index (χ2v) is 4.47. The standard InChI is InChI=1S/C16H16N2O3/c1-11-8-9-12(15(19)21-2)10-14(11)18-16(20)17-13-6-4-3-5-7-13/h3-10H,1-2H3,(H2,17,18,20). The summed E-state index contributed by atoms with van der Waals surface area (Å²) in [6, 6.07) is 13.7. The molecule has 5 heteroatoms. The number of rotatable bonds is 3. The first-order chi connectivity index (χ1) is 10.1. The number of hydrogen-bond acceptors (Lipinski definition) is 3. The minimum atomic E-state index is -0.443. The Kier molecular flexibility index (Phi) is 4.56. The van der Waals surface area contributed by atoms with Crippen molar-refractivity contribution in [3.63, 3.8) is 0 Å². The number of para-hydroxylation sites is 1. The molecule has 0 aliphatic rings. The zero-order chi connectivity index (χ0) is 15.2. The van der Waals surface area contributed by atoms with E-state index in [1.54, 1.807) is 30.3 Å². The number of urea groups is 1. The number of hydrogen-bond donors (Lipinski definition) is 2. The number of aryl methyl sites for hydroxylation is 1. The first-order valence-corrected chi connectivity index (χ1v) is 6.42. The lowest BCUT2D eigenvalue weighted by Crippen LogP contribution is -2.20. The molecule has 0 aliphatic carbocycles. The number of benzene rings is 2. The molecule has 2 aromatic carbocycles. The number of nitrogens with one attached hydrogen (secondary N) is 2. The van der Waals surface area contributed by atoms with Crippen molar-refractivity contribution in [1.29, 1.82) is 0 Å². The van der Waals surface area contributed by atoms with Crippen molar-refractivity contribution in [2.45, 2.75) is 6.92 Å². The maximum absolute atomic E-state index is 11.9. The van der Waals surface area contributed by atoms with Crippen molar-refractivity contribution in [3.05, 3.63) is 59.7 Å². The second-order valence-electron chi connectivity index (χ2n) is 4.47. The highest BCUT2D eigenvalue weighted by Crippen LogP contribution is 2.18. The largest absolute Gasteiger partial charge is 0.465 e. The van der Waals surface area contributed by atoms with E-state index in [0.717, 1.165) is 5.56 Å². The third-order valence-corrected chi connectivity index (χ3v) is 2.94. The van der Waals surface area contributed by atoms with Crippen molar-refractivity contribution in [2.75, 3.05) is 17.7 Å². The van der Waals surface area contributed by atoms with E-state index in [0.29, 0.717) is 16.9 Å². The Morgan fingerprint density at radius 1 is 1.00 bits per heavy atom. The summed E-state index contributed by atoms with van der Waals surface area (Å²) in [7, 11) is 1.32. The highest BCUT2D eigenvalue weighted by atomic mass is 16.5. The van der Waals surface area contributed by atoms with Crippen molar-refractivity contribution in [1.82, 2.24) is 0 Å². The van der Waals surface area contributed by atoms with Crippen LogP contribution in [0.5, 0.6) is 0 Å². The van der Waals surface area contributed by atoms with Crippen LogP contribution in [0.1, 0.15) is 15.9 Å². The molecule has 108 valence electrons. The molecule has 2 rings (SSSR count). The molecular formula is C16H16N2O3. The average Bonchev–Trinajstić information content (AvgIpc) is 2.49. The Hall–Kier alpha value is -2.82. The molecule has 0 radical (unpaired) electrons. The number of anilines is 2. The maximum Gasteiger partial charge on any atom is 0.337 e. The van der Waals surface area contributed by atoms with E-state index in [9.17, 15) is 9.59 Å². The van der Waals surface area contributed by atoms with Gasteiger partial charge in [0.2, 0.25) is 0 Å². The van der Waals surface area contributed by atoms with Gasteiger partial charge in [-0.25, -0.2) is 9.59 Å². The Labute approximate surface area is 122 Å². The molecule has 0 aliphatic heterocycles. The molecule has 0 saturated heterocycles. The van der Waals surface area contributed by atoms with Gasteiger partial charge >= 0.3 is 12.0 Å². The van der Waals surface area contributed by atoms with Crippen LogP contribution in [0.4, 0.5) is 16.2 Å². The summed E-state index contributed by atoms with van der Waals surface area (Å²) in [6.07, 6.45) is 0. The third-order valence-electron chi connectivity index (χ3n) is 2.94. The number of carbonyl (C=O) groups is 2. The van der Waals surface area contributed by atoms with E-state index in [1.807, 2.05) is 25.1 Å². The van der Waals surface area contributed by atoms with E-state index in [-0.39, 0.29) is 6.03 Å². The zero-order valence-electron chi connectivity index (χ0n) is 11.8. The molecule has 0 unspecified atom stereocenters. The first kappa shape index (κ1) is 14.6. The van der Waals surface area contributed by atoms with Crippen LogP contribution in [0.2, 0.25) is 0 Å². The van der Waals surface area contributed by atoms with Crippen LogP contribution >= 0.6 is 0 Å². The van der Waals surface area contributed by atoms with Crippen LogP contribution in [0.15, 0.2) is 48.5 Å². The monoisotopic (exact) mass is 284 g/mol. The second kappa shape index (κ2) is 6.56. The minimum Gasteiger partial charge on any atom is -0.465 e. The fourth-order valence-corrected chi connectivity index (χ4v) is 1.81. The number of amides is 2. The van der Waals surface area contributed by atoms with Gasteiger partial charge in [0.05, 0.1) is 12.7 Å². The summed E-state index contributed by atoms with van der Waals surface area (Å²) < 4.78 is 4.66. The predicted molar refractivity (Wildman–Crippen MR) is 81.6 cm³/mol. The number of ether oxygens (including phenoxy) is 1. The molecule has 0 aromatic heterocycles. The van der Waals surface area contributed by atoms with E-state index in [4.69, 9.17) is 0 Å². The predicted octanol–water partition coefficient (Wildman–Crippen LogP) is 3.43. The van der Waals surface area contributed by atoms with E-state index in [2.05, 4.69) is 15.4 Å². The minimum absolute atomic E-state index is 0.369. The molecule has 0 atom stereocenters. The highest BCUT2D eigenvalue weighted by Gasteiger charge is 2.10. The summed E-state index contributed by atoms with van der Waals surface area (Å²) >= 11 is 0. The van der Waals surface area contributed by atoms with Gasteiger partial charge in [-0.15, -0.1) is 0 Å². The molecule has 21 heavy (non-hydrogen) atoms. The van der Waals surface area contributed by atoms with Crippen LogP contribution in [-0.2, 0) is 4.74 Å². The molecule has 0 spiro atoms. The summed E-state index contributed by atoms with van der Waals surface area (Å²) in [5, 5.41) is 5.43. The van der Waals surface area contributed by atoms with Gasteiger partial charge in [0.15, 0.2) is 0 Å². The third kappa shape index (κ3) is 3.82. The molecule has 0 saturated carbocycles. The average molecular weight is 284 g/mol. The zero-order valence-corrected chi connectivity index (χ0v) is 11.8. The quantitative estimate of drug-likeness (QED) is 0.848. The molecule has 2 aromatic rings. The lowest BCUT2D eigenvalue weighted by atomic mass is 10.1. The van der Waals surface area contributed by atoms with Gasteiger partial charge in [-0.05, 0) is 36.8 Å². The fourth-order valence-electron chi connectivity index (χ4n) is 1.81. The van der Waals surface area contributed by atoms with Crippen LogP contribution in [0.3, 0.4) is 0 Å². The van der Waals surface area contributed by atoms with E-state index >= 15 is 0 Å². The van der Waals surface area contributed by atoms with Crippen molar-refractivity contribution in [2.24, 2.45) is 0 Å². The van der Waals surface area contributed by atoms with Gasteiger partial charge < -0.3 is 15.4 Å². The Bertz CT molecular complexity index is 654. The van der Waals surface area contributed by atoms with Gasteiger partial charge in [0.1, 0.15) is 0 Å². The first-order valence-electron chi connectivity index (χ1n) is 6.42. The summed E-state index contributed by atoms with van der Waals surface area (Å²) in [5.41, 5.74) is 2.49. The van der Waals surface area contributed by atoms with Crippen LogP contribution in [0, 0.1) is 6.92 Å². The molecule has 0 heterocycles. The Morgan fingerprint density at radius 3 is 2.38 bits per heavy atom. The van der Waals surface area contributed by atoms with Crippen molar-refractivity contribution >= 4 is 23.4 Å². The van der Waals surface area contributed by atoms with Gasteiger partial charge in [-0.3, -0.25) is 0 Å². The van der Waals surface area contributed by atoms with E-state index in [1.165, 1.54) is 7.11 Å². The van der Waals surface area contributed by atoms with Gasteiger partial charge in [0, 0.05) is 11.4 Å². The smallest absolute Gasteiger partial charge is 0.337 e. The number of esters is 1. The topological polar surface area (TPSA) is 67.4 Å². The normalized spacial score (nSPS) is 9.81. The van der Waals surface area contributed by atoms with Crippen LogP contribution < -0.4 is 10.6 Å². The van der Waals surface area contributed by atoms with Crippen molar-refractivity contribution in [3.8, 4) is 0 Å². The van der Waals surface area contributed by atoms with Gasteiger partial charge in [-0.1, -0.05) is 24.3 Å². The summed E-state index contributed by atoms with van der Waals surface area (Å²) in [4.78, 5) is 23.4. The van der Waals surface area contributed by atoms with Gasteiger partial charge in [0.25, 0.3) is 0 Å². The van der Waals surface area contributed by atoms with E-state index < -0.39 is 5.97 Å². The van der Waals surface area contributed by atoms with Crippen molar-refractivity contribution < 1.29 is 14.3 Å². The molecule has 2 N–H and O–H groups in total. The summed E-state index contributed by atoms with van der Waals surface area (Å²) in [5.74, 6) is -0.443. The molecule has 0 bridgehead atoms. The number of methoxy groups -OCH3 is 1. The Balaban J connectivity index is 2.11. The highest BCUT2D eigenvalue weighted by molar-refractivity contribution is 6.01. The Morgan fingerprint density at radius 2 is 1.71 bits per heavy atom. The lowest BCUT2D eigenvalue weighted by Gasteiger charge is -2.11. The molecule has 2 amide bonds. The SMILES string of the molecule is COC(=O)c1ccc(C)c(NC(=O)Nc2ccccc2)c1. The van der Waals surface area contributed by atoms with Crippen LogP contribution in [0.25, 0.3) is 0 Å². The van der Waals surface area contributed by atoms with Gasteiger partial charge in [-0.2, -0.15) is 0 Å². The fraction of sp³-hybridized carbons (Fsp3) is 0.125. The molecule has 5 nitrogen and oxygen atoms in total. The summed E-state index contributed by atoms with van der Waals surface area (Å²) in [6.45, 7) is 1.85.